The molecule has 0 atom stereocenters. The third-order valence-corrected chi connectivity index (χ3v) is 5.45. The van der Waals surface area contributed by atoms with Crippen LogP contribution in [0.2, 0.25) is 0 Å². The van der Waals surface area contributed by atoms with Gasteiger partial charge in [0.05, 0.1) is 12.1 Å². The van der Waals surface area contributed by atoms with E-state index in [1.807, 2.05) is 31.2 Å². The Balaban J connectivity index is 0.00000450. The molecule has 1 saturated carbocycles. The van der Waals surface area contributed by atoms with E-state index >= 15 is 0 Å². The fraction of sp³-hybridized carbons (Fsp3) is 0.652. The number of aliphatic imine (C=N–C) groups is 1. The molecule has 1 aromatic carbocycles. The number of nitrogens with zero attached hydrogens (tertiary/aromatic N) is 1. The predicted octanol–water partition coefficient (Wildman–Crippen LogP) is 4.43. The molecule has 0 saturated heterocycles. The highest BCUT2D eigenvalue weighted by atomic mass is 127. The van der Waals surface area contributed by atoms with E-state index in [2.05, 4.69) is 34.8 Å². The lowest BCUT2D eigenvalue weighted by Gasteiger charge is -2.28. The van der Waals surface area contributed by atoms with Crippen LogP contribution in [0.1, 0.15) is 71.3 Å². The highest BCUT2D eigenvalue weighted by molar-refractivity contribution is 14.0. The summed E-state index contributed by atoms with van der Waals surface area (Å²) in [7, 11) is 0. The molecule has 0 aromatic heterocycles. The van der Waals surface area contributed by atoms with Crippen molar-refractivity contribution < 1.29 is 9.90 Å². The van der Waals surface area contributed by atoms with Crippen molar-refractivity contribution in [1.82, 2.24) is 10.6 Å². The molecule has 0 heterocycles. The first-order valence-electron chi connectivity index (χ1n) is 11.1. The first-order valence-corrected chi connectivity index (χ1v) is 11.1. The van der Waals surface area contributed by atoms with Gasteiger partial charge in [-0.05, 0) is 50.3 Å². The summed E-state index contributed by atoms with van der Waals surface area (Å²) in [6.07, 6.45) is 6.59. The van der Waals surface area contributed by atoms with Crippen LogP contribution in [0.15, 0.2) is 29.3 Å². The van der Waals surface area contributed by atoms with E-state index in [0.717, 1.165) is 62.7 Å². The summed E-state index contributed by atoms with van der Waals surface area (Å²) in [5.74, 6) is 0.992. The summed E-state index contributed by atoms with van der Waals surface area (Å²) in [4.78, 5) is 16.8. The molecule has 0 spiro atoms. The van der Waals surface area contributed by atoms with Crippen LogP contribution in [0.4, 0.5) is 5.69 Å². The first kappa shape index (κ1) is 26.7. The summed E-state index contributed by atoms with van der Waals surface area (Å²) in [5.41, 5.74) is 1.16. The van der Waals surface area contributed by atoms with Gasteiger partial charge in [0.15, 0.2) is 5.96 Å². The maximum atomic E-state index is 12.2. The molecule has 1 aromatic rings. The number of carbonyl (C=O) groups is 1. The van der Waals surface area contributed by atoms with Crippen molar-refractivity contribution in [1.29, 1.82) is 0 Å². The van der Waals surface area contributed by atoms with Crippen molar-refractivity contribution in [2.45, 2.75) is 77.9 Å². The van der Waals surface area contributed by atoms with Crippen LogP contribution in [0.3, 0.4) is 0 Å². The fourth-order valence-electron chi connectivity index (χ4n) is 3.66. The molecule has 2 rings (SSSR count). The molecular formula is C23H39IN4O2. The van der Waals surface area contributed by atoms with Gasteiger partial charge in [-0.1, -0.05) is 45.2 Å². The number of guanidine groups is 1. The van der Waals surface area contributed by atoms with E-state index in [0.29, 0.717) is 19.0 Å². The maximum absolute atomic E-state index is 12.2. The molecule has 1 fully saturated rings. The Morgan fingerprint density at radius 2 is 1.87 bits per heavy atom. The van der Waals surface area contributed by atoms with Crippen molar-refractivity contribution in [2.75, 3.05) is 18.4 Å². The number of nitrogens with one attached hydrogen (secondary N) is 3. The normalized spacial score (nSPS) is 14.5. The lowest BCUT2D eigenvalue weighted by Crippen LogP contribution is -2.47. The molecule has 0 bridgehead atoms. The average Bonchev–Trinajstić information content (AvgIpc) is 2.63. The summed E-state index contributed by atoms with van der Waals surface area (Å²) in [5, 5.41) is 20.4. The lowest BCUT2D eigenvalue weighted by atomic mass is 9.85. The minimum atomic E-state index is -0.703. The number of amides is 1. The van der Waals surface area contributed by atoms with Gasteiger partial charge in [-0.3, -0.25) is 4.79 Å². The third-order valence-electron chi connectivity index (χ3n) is 5.45. The Hall–Kier alpha value is -1.35. The second-order valence-corrected chi connectivity index (χ2v) is 8.09. The Labute approximate surface area is 198 Å². The van der Waals surface area contributed by atoms with Gasteiger partial charge in [-0.15, -0.1) is 24.0 Å². The van der Waals surface area contributed by atoms with E-state index in [1.54, 1.807) is 0 Å². The molecule has 7 heteroatoms. The Kier molecular flexibility index (Phi) is 12.3. The zero-order valence-electron chi connectivity index (χ0n) is 18.7. The van der Waals surface area contributed by atoms with Crippen molar-refractivity contribution in [2.24, 2.45) is 10.9 Å². The van der Waals surface area contributed by atoms with Gasteiger partial charge in [0.25, 0.3) is 0 Å². The summed E-state index contributed by atoms with van der Waals surface area (Å²) >= 11 is 0. The summed E-state index contributed by atoms with van der Waals surface area (Å²) in [6.45, 7) is 7.95. The predicted molar refractivity (Wildman–Crippen MR) is 135 cm³/mol. The second kappa shape index (κ2) is 13.9. The van der Waals surface area contributed by atoms with E-state index in [-0.39, 0.29) is 35.8 Å². The quantitative estimate of drug-likeness (QED) is 0.194. The Bertz CT molecular complexity index is 671. The highest BCUT2D eigenvalue weighted by Crippen LogP contribution is 2.27. The SMILES string of the molecule is CCCC(O)(CCC)CNC(=NCc1cccc(NC(=O)C2CCC2)c1)NCC.I. The molecule has 1 amide bonds. The van der Waals surface area contributed by atoms with Crippen molar-refractivity contribution >= 4 is 41.5 Å². The Morgan fingerprint density at radius 3 is 2.43 bits per heavy atom. The van der Waals surface area contributed by atoms with Gasteiger partial charge in [0.2, 0.25) is 5.91 Å². The molecule has 1 aliphatic rings. The smallest absolute Gasteiger partial charge is 0.227 e. The molecule has 4 N–H and O–H groups in total. The minimum Gasteiger partial charge on any atom is -0.388 e. The number of aliphatic hydroxyl groups is 1. The molecule has 0 radical (unpaired) electrons. The van der Waals surface area contributed by atoms with Crippen LogP contribution in [-0.2, 0) is 11.3 Å². The number of rotatable bonds is 11. The van der Waals surface area contributed by atoms with Crippen LogP contribution < -0.4 is 16.0 Å². The number of benzene rings is 1. The first-order chi connectivity index (χ1) is 14.0. The van der Waals surface area contributed by atoms with Crippen molar-refractivity contribution in [3.05, 3.63) is 29.8 Å². The van der Waals surface area contributed by atoms with E-state index < -0.39 is 5.60 Å². The van der Waals surface area contributed by atoms with Crippen LogP contribution in [0.25, 0.3) is 0 Å². The van der Waals surface area contributed by atoms with Gasteiger partial charge in [0.1, 0.15) is 0 Å². The fourth-order valence-corrected chi connectivity index (χ4v) is 3.66. The molecule has 1 aliphatic carbocycles. The maximum Gasteiger partial charge on any atom is 0.227 e. The zero-order valence-corrected chi connectivity index (χ0v) is 21.0. The number of halogens is 1. The van der Waals surface area contributed by atoms with Crippen LogP contribution >= 0.6 is 24.0 Å². The molecule has 0 unspecified atom stereocenters. The molecule has 170 valence electrons. The number of anilines is 1. The van der Waals surface area contributed by atoms with E-state index in [1.165, 1.54) is 0 Å². The van der Waals surface area contributed by atoms with Gasteiger partial charge in [0, 0.05) is 24.7 Å². The van der Waals surface area contributed by atoms with Crippen LogP contribution in [-0.4, -0.2) is 35.7 Å². The Morgan fingerprint density at radius 1 is 1.17 bits per heavy atom. The van der Waals surface area contributed by atoms with E-state index in [9.17, 15) is 9.90 Å². The molecule has 6 nitrogen and oxygen atoms in total. The number of hydrogen-bond donors (Lipinski definition) is 4. The summed E-state index contributed by atoms with van der Waals surface area (Å²) in [6, 6.07) is 7.86. The lowest BCUT2D eigenvalue weighted by molar-refractivity contribution is -0.122. The van der Waals surface area contributed by atoms with Gasteiger partial charge in [-0.25, -0.2) is 4.99 Å². The topological polar surface area (TPSA) is 85.8 Å². The van der Waals surface area contributed by atoms with Crippen LogP contribution in [0.5, 0.6) is 0 Å². The zero-order chi connectivity index (χ0) is 21.1. The van der Waals surface area contributed by atoms with Crippen molar-refractivity contribution in [3.63, 3.8) is 0 Å². The number of carbonyl (C=O) groups excluding carboxylic acids is 1. The largest absolute Gasteiger partial charge is 0.388 e. The van der Waals surface area contributed by atoms with Crippen molar-refractivity contribution in [3.8, 4) is 0 Å². The monoisotopic (exact) mass is 530 g/mol. The highest BCUT2D eigenvalue weighted by Gasteiger charge is 2.25. The van der Waals surface area contributed by atoms with Crippen LogP contribution in [0, 0.1) is 5.92 Å². The van der Waals surface area contributed by atoms with Gasteiger partial charge in [-0.2, -0.15) is 0 Å². The second-order valence-electron chi connectivity index (χ2n) is 8.09. The average molecular weight is 530 g/mol. The van der Waals surface area contributed by atoms with Gasteiger partial charge < -0.3 is 21.1 Å². The van der Waals surface area contributed by atoms with E-state index in [4.69, 9.17) is 0 Å². The molecule has 30 heavy (non-hydrogen) atoms. The molecular weight excluding hydrogens is 491 g/mol. The molecule has 0 aliphatic heterocycles. The third kappa shape index (κ3) is 8.79. The minimum absolute atomic E-state index is 0. The summed E-state index contributed by atoms with van der Waals surface area (Å²) < 4.78 is 0. The van der Waals surface area contributed by atoms with Gasteiger partial charge >= 0.3 is 0 Å². The number of hydrogen-bond acceptors (Lipinski definition) is 3. The standard InChI is InChI=1S/C23H38N4O2.HI/c1-4-13-23(29,14-5-2)17-26-22(24-6-3)25-16-18-9-7-12-20(15-18)27-21(28)19-10-8-11-19;/h7,9,12,15,19,29H,4-6,8,10-11,13-14,16-17H2,1-3H3,(H,27,28)(H2,24,25,26);1H.